The SMILES string of the molecule is Cn1c(SCc2ccccc2F)cc(=O)n(C)c1=O. The third-order valence-corrected chi connectivity index (χ3v) is 3.96. The Bertz CT molecular complexity index is 721. The molecule has 2 aromatic rings. The quantitative estimate of drug-likeness (QED) is 0.632. The lowest BCUT2D eigenvalue weighted by atomic mass is 10.2. The Hall–Kier alpha value is -1.82. The minimum absolute atomic E-state index is 0.288. The highest BCUT2D eigenvalue weighted by molar-refractivity contribution is 7.98. The summed E-state index contributed by atoms with van der Waals surface area (Å²) in [5.41, 5.74) is -0.205. The zero-order valence-corrected chi connectivity index (χ0v) is 11.4. The normalized spacial score (nSPS) is 10.7. The van der Waals surface area contributed by atoms with Crippen LogP contribution in [0.2, 0.25) is 0 Å². The molecule has 1 aromatic heterocycles. The van der Waals surface area contributed by atoms with E-state index in [0.29, 0.717) is 16.3 Å². The first-order valence-corrected chi connectivity index (χ1v) is 6.62. The van der Waals surface area contributed by atoms with Gasteiger partial charge >= 0.3 is 5.69 Å². The predicted molar refractivity (Wildman–Crippen MR) is 72.9 cm³/mol. The molecule has 6 heteroatoms. The fourth-order valence-electron chi connectivity index (χ4n) is 1.62. The number of hydrogen-bond donors (Lipinski definition) is 0. The van der Waals surface area contributed by atoms with Gasteiger partial charge in [-0.15, -0.1) is 11.8 Å². The average molecular weight is 280 g/mol. The molecule has 0 saturated carbocycles. The van der Waals surface area contributed by atoms with Crippen LogP contribution < -0.4 is 11.2 Å². The number of thioether (sulfide) groups is 1. The van der Waals surface area contributed by atoms with Crippen LogP contribution in [-0.4, -0.2) is 9.13 Å². The van der Waals surface area contributed by atoms with E-state index >= 15 is 0 Å². The van der Waals surface area contributed by atoms with Gasteiger partial charge < -0.3 is 0 Å². The van der Waals surface area contributed by atoms with E-state index in [1.54, 1.807) is 25.2 Å². The molecular formula is C13H13FN2O2S. The van der Waals surface area contributed by atoms with Crippen molar-refractivity contribution in [2.75, 3.05) is 0 Å². The van der Waals surface area contributed by atoms with Crippen LogP contribution in [0.25, 0.3) is 0 Å². The summed E-state index contributed by atoms with van der Waals surface area (Å²) < 4.78 is 15.9. The van der Waals surface area contributed by atoms with E-state index in [2.05, 4.69) is 0 Å². The fourth-order valence-corrected chi connectivity index (χ4v) is 2.61. The predicted octanol–water partition coefficient (Wildman–Crippen LogP) is 1.52. The number of halogens is 1. The van der Waals surface area contributed by atoms with Crippen molar-refractivity contribution in [1.29, 1.82) is 0 Å². The van der Waals surface area contributed by atoms with E-state index in [4.69, 9.17) is 0 Å². The minimum atomic E-state index is -0.386. The van der Waals surface area contributed by atoms with Crippen LogP contribution >= 0.6 is 11.8 Å². The Morgan fingerprint density at radius 2 is 1.84 bits per heavy atom. The van der Waals surface area contributed by atoms with Gasteiger partial charge in [0.15, 0.2) is 0 Å². The van der Waals surface area contributed by atoms with Gasteiger partial charge in [0.1, 0.15) is 5.82 Å². The Labute approximate surface area is 113 Å². The van der Waals surface area contributed by atoms with Gasteiger partial charge in [-0.2, -0.15) is 0 Å². The minimum Gasteiger partial charge on any atom is -0.291 e. The zero-order chi connectivity index (χ0) is 14.0. The van der Waals surface area contributed by atoms with E-state index in [1.807, 2.05) is 0 Å². The first-order valence-electron chi connectivity index (χ1n) is 5.64. The first kappa shape index (κ1) is 13.6. The van der Waals surface area contributed by atoms with E-state index in [1.165, 1.54) is 35.5 Å². The van der Waals surface area contributed by atoms with Crippen molar-refractivity contribution in [3.8, 4) is 0 Å². The summed E-state index contributed by atoms with van der Waals surface area (Å²) in [5, 5.41) is 0.524. The van der Waals surface area contributed by atoms with Crippen LogP contribution in [-0.2, 0) is 19.8 Å². The number of rotatable bonds is 3. The lowest BCUT2D eigenvalue weighted by Gasteiger charge is -2.09. The van der Waals surface area contributed by atoms with Crippen LogP contribution in [0.3, 0.4) is 0 Å². The van der Waals surface area contributed by atoms with Gasteiger partial charge in [-0.1, -0.05) is 18.2 Å². The number of nitrogens with zero attached hydrogens (tertiary/aromatic N) is 2. The first-order chi connectivity index (χ1) is 9.00. The van der Waals surface area contributed by atoms with Crippen molar-refractivity contribution in [2.24, 2.45) is 14.1 Å². The van der Waals surface area contributed by atoms with Gasteiger partial charge in [-0.3, -0.25) is 13.9 Å². The van der Waals surface area contributed by atoms with Crippen LogP contribution in [0, 0.1) is 5.82 Å². The second kappa shape index (κ2) is 5.44. The average Bonchev–Trinajstić information content (AvgIpc) is 2.40. The molecule has 1 aromatic carbocycles. The van der Waals surface area contributed by atoms with Crippen molar-refractivity contribution in [3.05, 3.63) is 62.6 Å². The van der Waals surface area contributed by atoms with Crippen molar-refractivity contribution < 1.29 is 4.39 Å². The molecule has 0 bridgehead atoms. The highest BCUT2D eigenvalue weighted by Crippen LogP contribution is 2.21. The maximum Gasteiger partial charge on any atom is 0.331 e. The molecule has 100 valence electrons. The van der Waals surface area contributed by atoms with E-state index in [0.717, 1.165) is 4.57 Å². The van der Waals surface area contributed by atoms with Crippen LogP contribution in [0.5, 0.6) is 0 Å². The Balaban J connectivity index is 2.29. The van der Waals surface area contributed by atoms with Crippen LogP contribution in [0.4, 0.5) is 4.39 Å². The summed E-state index contributed by atoms with van der Waals surface area (Å²) in [7, 11) is 3.02. The molecule has 0 aliphatic heterocycles. The maximum absolute atomic E-state index is 13.5. The van der Waals surface area contributed by atoms with Crippen LogP contribution in [0.1, 0.15) is 5.56 Å². The zero-order valence-electron chi connectivity index (χ0n) is 10.6. The van der Waals surface area contributed by atoms with E-state index in [9.17, 15) is 14.0 Å². The Kier molecular flexibility index (Phi) is 3.90. The smallest absolute Gasteiger partial charge is 0.291 e. The lowest BCUT2D eigenvalue weighted by molar-refractivity contribution is 0.616. The van der Waals surface area contributed by atoms with Gasteiger partial charge in [0.05, 0.1) is 5.03 Å². The molecule has 0 saturated heterocycles. The molecule has 0 aliphatic rings. The molecule has 0 N–H and O–H groups in total. The topological polar surface area (TPSA) is 44.0 Å². The molecule has 4 nitrogen and oxygen atoms in total. The van der Waals surface area contributed by atoms with Crippen molar-refractivity contribution in [2.45, 2.75) is 10.8 Å². The third-order valence-electron chi connectivity index (χ3n) is 2.82. The molecular weight excluding hydrogens is 267 g/mol. The summed E-state index contributed by atoms with van der Waals surface area (Å²) in [6, 6.07) is 7.83. The molecule has 0 amide bonds. The molecule has 0 atom stereocenters. The third kappa shape index (κ3) is 2.78. The van der Waals surface area contributed by atoms with Gasteiger partial charge in [-0.05, 0) is 11.6 Å². The second-order valence-electron chi connectivity index (χ2n) is 4.10. The van der Waals surface area contributed by atoms with Gasteiger partial charge in [0, 0.05) is 25.9 Å². The molecule has 0 spiro atoms. The molecule has 19 heavy (non-hydrogen) atoms. The fraction of sp³-hybridized carbons (Fsp3) is 0.231. The molecule has 2 rings (SSSR count). The van der Waals surface area contributed by atoms with Crippen LogP contribution in [0.15, 0.2) is 44.9 Å². The summed E-state index contributed by atoms with van der Waals surface area (Å²) in [6.45, 7) is 0. The Morgan fingerprint density at radius 3 is 2.53 bits per heavy atom. The van der Waals surface area contributed by atoms with Gasteiger partial charge in [-0.25, -0.2) is 9.18 Å². The largest absolute Gasteiger partial charge is 0.331 e. The number of aromatic nitrogens is 2. The summed E-state index contributed by atoms with van der Waals surface area (Å²) in [6.07, 6.45) is 0. The van der Waals surface area contributed by atoms with Crippen molar-refractivity contribution in [1.82, 2.24) is 9.13 Å². The highest BCUT2D eigenvalue weighted by Gasteiger charge is 2.08. The summed E-state index contributed by atoms with van der Waals surface area (Å²) in [4.78, 5) is 23.3. The summed E-state index contributed by atoms with van der Waals surface area (Å²) >= 11 is 1.26. The summed E-state index contributed by atoms with van der Waals surface area (Å²) in [5.74, 6) is 0.0801. The van der Waals surface area contributed by atoms with Crippen molar-refractivity contribution in [3.63, 3.8) is 0 Å². The molecule has 0 radical (unpaired) electrons. The van der Waals surface area contributed by atoms with Gasteiger partial charge in [0.25, 0.3) is 5.56 Å². The number of benzene rings is 1. The molecule has 0 fully saturated rings. The van der Waals surface area contributed by atoms with Crippen molar-refractivity contribution >= 4 is 11.8 Å². The Morgan fingerprint density at radius 1 is 1.16 bits per heavy atom. The standard InChI is InChI=1S/C13H13FN2O2S/c1-15-11(17)7-12(16(2)13(15)18)19-8-9-5-3-4-6-10(9)14/h3-7H,8H2,1-2H3. The lowest BCUT2D eigenvalue weighted by Crippen LogP contribution is -2.36. The molecule has 0 aliphatic carbocycles. The molecule has 0 unspecified atom stereocenters. The van der Waals surface area contributed by atoms with E-state index < -0.39 is 0 Å². The van der Waals surface area contributed by atoms with Gasteiger partial charge in [0.2, 0.25) is 0 Å². The second-order valence-corrected chi connectivity index (χ2v) is 5.10. The maximum atomic E-state index is 13.5. The highest BCUT2D eigenvalue weighted by atomic mass is 32.2. The molecule has 1 heterocycles. The number of hydrogen-bond acceptors (Lipinski definition) is 3. The monoisotopic (exact) mass is 280 g/mol. The van der Waals surface area contributed by atoms with E-state index in [-0.39, 0.29) is 17.1 Å².